The van der Waals surface area contributed by atoms with Gasteiger partial charge in [0.05, 0.1) is 0 Å². The first kappa shape index (κ1) is 11.7. The second-order valence-corrected chi connectivity index (χ2v) is 4.20. The molecule has 2 amide bonds. The molecule has 0 spiro atoms. The van der Waals surface area contributed by atoms with E-state index in [2.05, 4.69) is 0 Å². The van der Waals surface area contributed by atoms with E-state index in [1.807, 2.05) is 25.1 Å². The molecule has 0 bridgehead atoms. The number of urea groups is 1. The number of ether oxygens (including phenoxy) is 1. The molecule has 1 unspecified atom stereocenters. The number of amides is 2. The first-order valence-corrected chi connectivity index (χ1v) is 5.68. The van der Waals surface area contributed by atoms with Gasteiger partial charge in [0.25, 0.3) is 0 Å². The zero-order chi connectivity index (χ0) is 12.4. The molecule has 17 heavy (non-hydrogen) atoms. The Morgan fingerprint density at radius 2 is 2.35 bits per heavy atom. The largest absolute Gasteiger partial charge is 0.490 e. The monoisotopic (exact) mass is 235 g/mol. The minimum absolute atomic E-state index is 0.191. The van der Waals surface area contributed by atoms with Crippen molar-refractivity contribution in [1.82, 2.24) is 0 Å². The van der Waals surface area contributed by atoms with Gasteiger partial charge in [-0.3, -0.25) is 4.90 Å². The first-order chi connectivity index (χ1) is 8.11. The highest BCUT2D eigenvalue weighted by atomic mass is 16.5. The summed E-state index contributed by atoms with van der Waals surface area (Å²) in [5.41, 5.74) is 12.7. The van der Waals surface area contributed by atoms with E-state index in [0.717, 1.165) is 23.4 Å². The Kier molecular flexibility index (Phi) is 3.19. The van der Waals surface area contributed by atoms with E-state index in [1.165, 1.54) is 4.90 Å². The van der Waals surface area contributed by atoms with E-state index in [0.29, 0.717) is 13.1 Å². The van der Waals surface area contributed by atoms with Crippen molar-refractivity contribution in [3.05, 3.63) is 23.8 Å². The van der Waals surface area contributed by atoms with E-state index in [4.69, 9.17) is 16.2 Å². The summed E-state index contributed by atoms with van der Waals surface area (Å²) < 4.78 is 5.60. The highest BCUT2D eigenvalue weighted by Crippen LogP contribution is 2.32. The molecule has 1 heterocycles. The Labute approximate surface area is 100 Å². The number of anilines is 1. The van der Waals surface area contributed by atoms with Gasteiger partial charge in [-0.1, -0.05) is 0 Å². The van der Waals surface area contributed by atoms with Gasteiger partial charge in [0, 0.05) is 25.2 Å². The molecule has 2 rings (SSSR count). The molecule has 5 heteroatoms. The van der Waals surface area contributed by atoms with Crippen LogP contribution in [0.15, 0.2) is 18.2 Å². The fourth-order valence-electron chi connectivity index (χ4n) is 2.07. The molecule has 0 radical (unpaired) electrons. The average molecular weight is 235 g/mol. The van der Waals surface area contributed by atoms with Crippen molar-refractivity contribution in [2.45, 2.75) is 19.4 Å². The molecular formula is C12H17N3O2. The highest BCUT2D eigenvalue weighted by molar-refractivity contribution is 5.90. The molecule has 1 aromatic rings. The van der Waals surface area contributed by atoms with Crippen LogP contribution in [-0.4, -0.2) is 25.2 Å². The lowest BCUT2D eigenvalue weighted by Gasteiger charge is -2.20. The lowest BCUT2D eigenvalue weighted by molar-refractivity contribution is 0.253. The minimum Gasteiger partial charge on any atom is -0.490 e. The minimum atomic E-state index is -0.484. The zero-order valence-electron chi connectivity index (χ0n) is 9.85. The topological polar surface area (TPSA) is 81.6 Å². The number of rotatable bonds is 3. The number of hydrogen-bond acceptors (Lipinski definition) is 3. The van der Waals surface area contributed by atoms with Crippen LogP contribution in [0.4, 0.5) is 10.5 Å². The van der Waals surface area contributed by atoms with Gasteiger partial charge in [0.2, 0.25) is 0 Å². The summed E-state index contributed by atoms with van der Waals surface area (Å²) in [7, 11) is 0. The number of fused-ring (bicyclic) bond motifs is 1. The van der Waals surface area contributed by atoms with Gasteiger partial charge >= 0.3 is 6.03 Å². The van der Waals surface area contributed by atoms with Gasteiger partial charge in [-0.25, -0.2) is 4.79 Å². The second kappa shape index (κ2) is 4.63. The van der Waals surface area contributed by atoms with Crippen LogP contribution in [0.2, 0.25) is 0 Å². The molecule has 0 fully saturated rings. The van der Waals surface area contributed by atoms with Crippen molar-refractivity contribution in [3.63, 3.8) is 0 Å². The SMILES string of the molecule is CC1Cc2cc(N(CCN)C(N)=O)ccc2O1. The summed E-state index contributed by atoms with van der Waals surface area (Å²) in [6.45, 7) is 2.82. The Morgan fingerprint density at radius 3 is 3.00 bits per heavy atom. The van der Waals surface area contributed by atoms with Crippen molar-refractivity contribution >= 4 is 11.7 Å². The van der Waals surface area contributed by atoms with Gasteiger partial charge in [-0.15, -0.1) is 0 Å². The first-order valence-electron chi connectivity index (χ1n) is 5.68. The van der Waals surface area contributed by atoms with Crippen molar-refractivity contribution < 1.29 is 9.53 Å². The van der Waals surface area contributed by atoms with E-state index >= 15 is 0 Å². The Balaban J connectivity index is 2.27. The molecule has 4 N–H and O–H groups in total. The summed E-state index contributed by atoms with van der Waals surface area (Å²) in [5.74, 6) is 0.887. The number of carbonyl (C=O) groups excluding carboxylic acids is 1. The average Bonchev–Trinajstić information content (AvgIpc) is 2.64. The highest BCUT2D eigenvalue weighted by Gasteiger charge is 2.21. The summed E-state index contributed by atoms with van der Waals surface area (Å²) in [6, 6.07) is 5.17. The maximum atomic E-state index is 11.3. The van der Waals surface area contributed by atoms with Crippen LogP contribution in [-0.2, 0) is 6.42 Å². The summed E-state index contributed by atoms with van der Waals surface area (Å²) in [6.07, 6.45) is 1.05. The molecule has 5 nitrogen and oxygen atoms in total. The molecule has 1 aliphatic rings. The van der Waals surface area contributed by atoms with Crippen molar-refractivity contribution in [2.75, 3.05) is 18.0 Å². The fraction of sp³-hybridized carbons (Fsp3) is 0.417. The molecule has 0 saturated heterocycles. The maximum absolute atomic E-state index is 11.3. The molecule has 0 aromatic heterocycles. The molecule has 0 saturated carbocycles. The Hall–Kier alpha value is -1.75. The third kappa shape index (κ3) is 2.34. The van der Waals surface area contributed by atoms with Gasteiger partial charge < -0.3 is 16.2 Å². The van der Waals surface area contributed by atoms with Crippen molar-refractivity contribution in [2.24, 2.45) is 11.5 Å². The van der Waals surface area contributed by atoms with Gasteiger partial charge in [-0.2, -0.15) is 0 Å². The summed E-state index contributed by atoms with van der Waals surface area (Å²) in [5, 5.41) is 0. The summed E-state index contributed by atoms with van der Waals surface area (Å²) >= 11 is 0. The lowest BCUT2D eigenvalue weighted by Crippen LogP contribution is -2.39. The third-order valence-electron chi connectivity index (χ3n) is 2.81. The second-order valence-electron chi connectivity index (χ2n) is 4.20. The molecule has 1 aliphatic heterocycles. The molecule has 1 aromatic carbocycles. The van der Waals surface area contributed by atoms with Crippen molar-refractivity contribution in [3.8, 4) is 5.75 Å². The number of hydrogen-bond donors (Lipinski definition) is 2. The zero-order valence-corrected chi connectivity index (χ0v) is 9.85. The van der Waals surface area contributed by atoms with Crippen molar-refractivity contribution in [1.29, 1.82) is 0 Å². The number of primary amides is 1. The van der Waals surface area contributed by atoms with E-state index in [1.54, 1.807) is 0 Å². The standard InChI is InChI=1S/C12H17N3O2/c1-8-6-9-7-10(2-3-11(9)17-8)15(5-4-13)12(14)16/h2-3,7-8H,4-6,13H2,1H3,(H2,14,16). The summed E-state index contributed by atoms with van der Waals surface area (Å²) in [4.78, 5) is 12.8. The normalized spacial score (nSPS) is 17.4. The number of nitrogens with two attached hydrogens (primary N) is 2. The van der Waals surface area contributed by atoms with Crippen LogP contribution in [0.1, 0.15) is 12.5 Å². The Morgan fingerprint density at radius 1 is 1.59 bits per heavy atom. The fourth-order valence-corrected chi connectivity index (χ4v) is 2.07. The smallest absolute Gasteiger partial charge is 0.319 e. The van der Waals surface area contributed by atoms with Gasteiger partial charge in [0.15, 0.2) is 0 Å². The number of benzene rings is 1. The van der Waals surface area contributed by atoms with Crippen LogP contribution in [0.25, 0.3) is 0 Å². The molecular weight excluding hydrogens is 218 g/mol. The molecule has 1 atom stereocenters. The Bertz CT molecular complexity index is 434. The van der Waals surface area contributed by atoms with E-state index in [9.17, 15) is 4.79 Å². The van der Waals surface area contributed by atoms with Crippen LogP contribution in [0.5, 0.6) is 5.75 Å². The van der Waals surface area contributed by atoms with Crippen LogP contribution < -0.4 is 21.1 Å². The van der Waals surface area contributed by atoms with Crippen LogP contribution in [0.3, 0.4) is 0 Å². The molecule has 92 valence electrons. The predicted octanol–water partition coefficient (Wildman–Crippen LogP) is 0.854. The molecule has 0 aliphatic carbocycles. The van der Waals surface area contributed by atoms with Crippen LogP contribution >= 0.6 is 0 Å². The predicted molar refractivity (Wildman–Crippen MR) is 66.2 cm³/mol. The third-order valence-corrected chi connectivity index (χ3v) is 2.81. The van der Waals surface area contributed by atoms with Gasteiger partial charge in [0.1, 0.15) is 11.9 Å². The number of nitrogens with zero attached hydrogens (tertiary/aromatic N) is 1. The number of carbonyl (C=O) groups is 1. The quantitative estimate of drug-likeness (QED) is 0.815. The van der Waals surface area contributed by atoms with Gasteiger partial charge in [-0.05, 0) is 30.7 Å². The maximum Gasteiger partial charge on any atom is 0.319 e. The lowest BCUT2D eigenvalue weighted by atomic mass is 10.1. The van der Waals surface area contributed by atoms with E-state index in [-0.39, 0.29) is 6.10 Å². The van der Waals surface area contributed by atoms with E-state index < -0.39 is 6.03 Å². The van der Waals surface area contributed by atoms with Crippen LogP contribution in [0, 0.1) is 0 Å².